The number of hydrogen-bond acceptors (Lipinski definition) is 4. The lowest BCUT2D eigenvalue weighted by atomic mass is 10.0. The second-order valence-corrected chi connectivity index (χ2v) is 7.22. The number of piperidine rings is 1. The molecule has 3 rings (SSSR count). The molecule has 1 aliphatic rings. The van der Waals surface area contributed by atoms with E-state index in [0.717, 1.165) is 24.4 Å². The Kier molecular flexibility index (Phi) is 6.82. The Hall–Kier alpha value is -2.40. The number of rotatable bonds is 8. The Bertz CT molecular complexity index is 731. The zero-order valence-corrected chi connectivity index (χ0v) is 15.9. The third-order valence-corrected chi connectivity index (χ3v) is 5.15. The van der Waals surface area contributed by atoms with Crippen molar-refractivity contribution in [1.29, 1.82) is 0 Å². The van der Waals surface area contributed by atoms with Crippen LogP contribution in [0.25, 0.3) is 0 Å². The molecule has 144 valence electrons. The van der Waals surface area contributed by atoms with Crippen molar-refractivity contribution in [3.05, 3.63) is 59.5 Å². The molecule has 2 heterocycles. The highest BCUT2D eigenvalue weighted by Gasteiger charge is 2.24. The maximum atomic E-state index is 12.3. The molecule has 1 saturated heterocycles. The van der Waals surface area contributed by atoms with E-state index in [2.05, 4.69) is 10.2 Å². The van der Waals surface area contributed by atoms with Gasteiger partial charge in [-0.3, -0.25) is 14.5 Å². The molecule has 0 spiro atoms. The van der Waals surface area contributed by atoms with Crippen molar-refractivity contribution in [2.45, 2.75) is 45.1 Å². The molecule has 1 fully saturated rings. The molecule has 27 heavy (non-hydrogen) atoms. The van der Waals surface area contributed by atoms with Crippen LogP contribution >= 0.6 is 0 Å². The minimum Gasteiger partial charge on any atom is -0.468 e. The molecule has 1 unspecified atom stereocenters. The normalized spacial score (nSPS) is 16.0. The van der Waals surface area contributed by atoms with Crippen LogP contribution in [0.4, 0.5) is 0 Å². The molecule has 0 aliphatic carbocycles. The first-order valence-corrected chi connectivity index (χ1v) is 9.77. The minimum absolute atomic E-state index is 0.00349. The number of Topliss-reactive ketones (excluding diaryl/α,β-unsaturated/α-hetero) is 1. The zero-order chi connectivity index (χ0) is 19.1. The first kappa shape index (κ1) is 19.4. The van der Waals surface area contributed by atoms with Gasteiger partial charge in [-0.25, -0.2) is 0 Å². The van der Waals surface area contributed by atoms with Gasteiger partial charge >= 0.3 is 0 Å². The number of amides is 1. The van der Waals surface area contributed by atoms with Crippen molar-refractivity contribution < 1.29 is 14.0 Å². The van der Waals surface area contributed by atoms with Gasteiger partial charge in [-0.15, -0.1) is 0 Å². The lowest BCUT2D eigenvalue weighted by Gasteiger charge is -2.33. The summed E-state index contributed by atoms with van der Waals surface area (Å²) in [6.07, 6.45) is 5.72. The fourth-order valence-corrected chi connectivity index (χ4v) is 3.53. The average Bonchev–Trinajstić information content (AvgIpc) is 3.22. The summed E-state index contributed by atoms with van der Waals surface area (Å²) in [5.74, 6) is 0.792. The Balaban J connectivity index is 1.50. The molecule has 5 heteroatoms. The van der Waals surface area contributed by atoms with Gasteiger partial charge in [0.1, 0.15) is 5.76 Å². The molecular weight excluding hydrogens is 340 g/mol. The van der Waals surface area contributed by atoms with Crippen LogP contribution in [0, 0.1) is 6.92 Å². The average molecular weight is 368 g/mol. The fourth-order valence-electron chi connectivity index (χ4n) is 3.53. The number of benzene rings is 1. The zero-order valence-electron chi connectivity index (χ0n) is 15.9. The lowest BCUT2D eigenvalue weighted by molar-refractivity contribution is -0.121. The predicted octanol–water partition coefficient (Wildman–Crippen LogP) is 3.89. The van der Waals surface area contributed by atoms with E-state index in [9.17, 15) is 9.59 Å². The van der Waals surface area contributed by atoms with Crippen LogP contribution in [0.15, 0.2) is 47.1 Å². The highest BCUT2D eigenvalue weighted by Crippen LogP contribution is 2.24. The van der Waals surface area contributed by atoms with Crippen molar-refractivity contribution in [3.8, 4) is 0 Å². The maximum absolute atomic E-state index is 12.3. The summed E-state index contributed by atoms with van der Waals surface area (Å²) < 4.78 is 5.60. The van der Waals surface area contributed by atoms with Gasteiger partial charge in [-0.1, -0.05) is 36.2 Å². The largest absolute Gasteiger partial charge is 0.468 e. The summed E-state index contributed by atoms with van der Waals surface area (Å²) in [7, 11) is 0. The van der Waals surface area contributed by atoms with Crippen LogP contribution in [0.1, 0.15) is 59.8 Å². The number of furan rings is 1. The molecule has 5 nitrogen and oxygen atoms in total. The van der Waals surface area contributed by atoms with E-state index in [1.807, 2.05) is 43.3 Å². The van der Waals surface area contributed by atoms with Gasteiger partial charge in [0.05, 0.1) is 12.3 Å². The Morgan fingerprint density at radius 1 is 1.07 bits per heavy atom. The van der Waals surface area contributed by atoms with Crippen LogP contribution in [-0.4, -0.2) is 36.2 Å². The monoisotopic (exact) mass is 368 g/mol. The van der Waals surface area contributed by atoms with Gasteiger partial charge in [0.25, 0.3) is 0 Å². The smallest absolute Gasteiger partial charge is 0.220 e. The SMILES string of the molecule is Cc1ccc(C(=O)CCC(=O)NCC(c2ccco2)N2CCCCC2)cc1. The van der Waals surface area contributed by atoms with Gasteiger partial charge in [0, 0.05) is 24.9 Å². The fraction of sp³-hybridized carbons (Fsp3) is 0.455. The van der Waals surface area contributed by atoms with E-state index in [4.69, 9.17) is 4.42 Å². The second kappa shape index (κ2) is 9.51. The topological polar surface area (TPSA) is 62.6 Å². The molecule has 1 aromatic carbocycles. The van der Waals surface area contributed by atoms with Crippen LogP contribution < -0.4 is 5.32 Å². The molecule has 1 N–H and O–H groups in total. The third kappa shape index (κ3) is 5.54. The Labute approximate surface area is 160 Å². The summed E-state index contributed by atoms with van der Waals surface area (Å²) in [6, 6.07) is 11.4. The number of aryl methyl sites for hydroxylation is 1. The van der Waals surface area contributed by atoms with Gasteiger partial charge < -0.3 is 9.73 Å². The van der Waals surface area contributed by atoms with Gasteiger partial charge in [0.2, 0.25) is 5.91 Å². The number of ketones is 1. The van der Waals surface area contributed by atoms with E-state index in [1.54, 1.807) is 6.26 Å². The number of carbonyl (C=O) groups is 2. The lowest BCUT2D eigenvalue weighted by Crippen LogP contribution is -2.40. The first-order chi connectivity index (χ1) is 13.1. The number of nitrogens with zero attached hydrogens (tertiary/aromatic N) is 1. The number of carbonyl (C=O) groups excluding carboxylic acids is 2. The molecule has 0 bridgehead atoms. The van der Waals surface area contributed by atoms with E-state index in [0.29, 0.717) is 12.1 Å². The molecule has 1 atom stereocenters. The van der Waals surface area contributed by atoms with Gasteiger partial charge in [0.15, 0.2) is 5.78 Å². The third-order valence-electron chi connectivity index (χ3n) is 5.15. The van der Waals surface area contributed by atoms with Gasteiger partial charge in [-0.2, -0.15) is 0 Å². The highest BCUT2D eigenvalue weighted by atomic mass is 16.3. The molecule has 0 radical (unpaired) electrons. The molecule has 1 aliphatic heterocycles. The summed E-state index contributed by atoms with van der Waals surface area (Å²) in [5.41, 5.74) is 1.78. The molecule has 0 saturated carbocycles. The highest BCUT2D eigenvalue weighted by molar-refractivity contribution is 5.97. The maximum Gasteiger partial charge on any atom is 0.220 e. The van der Waals surface area contributed by atoms with Crippen LogP contribution in [0.2, 0.25) is 0 Å². The summed E-state index contributed by atoms with van der Waals surface area (Å²) in [5, 5.41) is 2.99. The molecule has 2 aromatic rings. The summed E-state index contributed by atoms with van der Waals surface area (Å²) >= 11 is 0. The Morgan fingerprint density at radius 2 is 1.81 bits per heavy atom. The van der Waals surface area contributed by atoms with Crippen molar-refractivity contribution >= 4 is 11.7 Å². The molecular formula is C22H28N2O3. The standard InChI is InChI=1S/C22H28N2O3/c1-17-7-9-18(10-8-17)20(25)11-12-22(26)23-16-19(21-6-5-15-27-21)24-13-3-2-4-14-24/h5-10,15,19H,2-4,11-14,16H2,1H3,(H,23,26). The minimum atomic E-state index is -0.0935. The van der Waals surface area contributed by atoms with E-state index in [-0.39, 0.29) is 30.6 Å². The van der Waals surface area contributed by atoms with Crippen molar-refractivity contribution in [3.63, 3.8) is 0 Å². The molecule has 1 aromatic heterocycles. The summed E-state index contributed by atoms with van der Waals surface area (Å²) in [6.45, 7) is 4.53. The quantitative estimate of drug-likeness (QED) is 0.718. The van der Waals surface area contributed by atoms with E-state index in [1.165, 1.54) is 19.3 Å². The van der Waals surface area contributed by atoms with Crippen molar-refractivity contribution in [2.24, 2.45) is 0 Å². The predicted molar refractivity (Wildman–Crippen MR) is 105 cm³/mol. The Morgan fingerprint density at radius 3 is 2.48 bits per heavy atom. The van der Waals surface area contributed by atoms with Gasteiger partial charge in [-0.05, 0) is 45.0 Å². The summed E-state index contributed by atoms with van der Waals surface area (Å²) in [4.78, 5) is 26.9. The number of likely N-dealkylation sites (tertiary alicyclic amines) is 1. The first-order valence-electron chi connectivity index (χ1n) is 9.77. The molecule has 1 amide bonds. The van der Waals surface area contributed by atoms with Crippen LogP contribution in [0.5, 0.6) is 0 Å². The van der Waals surface area contributed by atoms with E-state index < -0.39 is 0 Å². The van der Waals surface area contributed by atoms with E-state index >= 15 is 0 Å². The second-order valence-electron chi connectivity index (χ2n) is 7.22. The van der Waals surface area contributed by atoms with Crippen molar-refractivity contribution in [1.82, 2.24) is 10.2 Å². The van der Waals surface area contributed by atoms with Crippen LogP contribution in [0.3, 0.4) is 0 Å². The van der Waals surface area contributed by atoms with Crippen molar-refractivity contribution in [2.75, 3.05) is 19.6 Å². The number of nitrogens with one attached hydrogen (secondary N) is 1. The number of hydrogen-bond donors (Lipinski definition) is 1. The van der Waals surface area contributed by atoms with Crippen LogP contribution in [-0.2, 0) is 4.79 Å².